The van der Waals surface area contributed by atoms with E-state index in [4.69, 9.17) is 18.9 Å². The Labute approximate surface area is 275 Å². The van der Waals surface area contributed by atoms with Crippen molar-refractivity contribution < 1.29 is 23.7 Å². The minimum atomic E-state index is -0.821. The van der Waals surface area contributed by atoms with Crippen LogP contribution in [0.25, 0.3) is 6.08 Å². The molecule has 0 radical (unpaired) electrons. The van der Waals surface area contributed by atoms with Crippen molar-refractivity contribution in [3.8, 4) is 17.2 Å². The Morgan fingerprint density at radius 2 is 1.75 bits per heavy atom. The molecule has 0 amide bonds. The maximum Gasteiger partial charge on any atom is 0.338 e. The predicted octanol–water partition coefficient (Wildman–Crippen LogP) is 6.31. The van der Waals surface area contributed by atoms with E-state index >= 15 is 0 Å². The van der Waals surface area contributed by atoms with E-state index in [9.17, 15) is 9.59 Å². The number of hydrogen-bond acceptors (Lipinski definition) is 8. The summed E-state index contributed by atoms with van der Waals surface area (Å²) in [5.74, 6) is 1.07. The smallest absolute Gasteiger partial charge is 0.338 e. The molecule has 0 saturated carbocycles. The minimum Gasteiger partial charge on any atom is -0.496 e. The van der Waals surface area contributed by atoms with Crippen molar-refractivity contribution in [2.24, 2.45) is 4.99 Å². The van der Waals surface area contributed by atoms with Gasteiger partial charge in [-0.05, 0) is 68.3 Å². The van der Waals surface area contributed by atoms with Gasteiger partial charge in [-0.2, -0.15) is 0 Å². The molecule has 0 saturated heterocycles. The second-order valence-electron chi connectivity index (χ2n) is 10.2. The number of carbonyl (C=O) groups excluding carboxylic acids is 1. The van der Waals surface area contributed by atoms with Gasteiger partial charge in [-0.1, -0.05) is 73.5 Å². The van der Waals surface area contributed by atoms with E-state index in [0.29, 0.717) is 50.0 Å². The molecule has 0 N–H and O–H groups in total. The summed E-state index contributed by atoms with van der Waals surface area (Å²) < 4.78 is 26.4. The van der Waals surface area contributed by atoms with Crippen LogP contribution < -0.4 is 29.1 Å². The molecule has 5 rings (SSSR count). The highest BCUT2D eigenvalue weighted by molar-refractivity contribution is 9.10. The van der Waals surface area contributed by atoms with E-state index in [2.05, 4.69) is 36.9 Å². The van der Waals surface area contributed by atoms with Crippen LogP contribution in [0.5, 0.6) is 17.2 Å². The van der Waals surface area contributed by atoms with Crippen LogP contribution in [-0.4, -0.2) is 30.9 Å². The predicted molar refractivity (Wildman–Crippen MR) is 177 cm³/mol. The van der Waals surface area contributed by atoms with Crippen molar-refractivity contribution in [3.63, 3.8) is 0 Å². The molecular weight excluding hydrogens is 712 g/mol. The zero-order chi connectivity index (χ0) is 31.5. The monoisotopic (exact) mass is 740 g/mol. The standard InChI is InChI=1S/C33H30Br2N2O6S/c1-18(2)43-32(39)29-19(3)36-33-37(30(29)23-15-22(34)11-12-25(23)40-4)31(38)28(44-33)14-21-13-26(41-5)27(16-24(21)35)42-17-20-9-7-6-8-10-20/h6-16,18,30H,17H2,1-5H3/b28-14-/t30-/m1/s1. The van der Waals surface area contributed by atoms with E-state index in [1.54, 1.807) is 47.1 Å². The van der Waals surface area contributed by atoms with Gasteiger partial charge in [0.05, 0.1) is 36.1 Å². The number of rotatable bonds is 9. The molecular formula is C33H30Br2N2O6S. The van der Waals surface area contributed by atoms with Gasteiger partial charge in [0.1, 0.15) is 18.4 Å². The molecule has 3 aromatic carbocycles. The molecule has 0 bridgehead atoms. The topological polar surface area (TPSA) is 88.4 Å². The third kappa shape index (κ3) is 6.55. The summed E-state index contributed by atoms with van der Waals surface area (Å²) in [6, 6.07) is 18.1. The molecule has 8 nitrogen and oxygen atoms in total. The number of benzene rings is 3. The van der Waals surface area contributed by atoms with Crippen LogP contribution in [0.15, 0.2) is 90.7 Å². The average Bonchev–Trinajstić information content (AvgIpc) is 3.30. The average molecular weight is 742 g/mol. The fraction of sp³-hybridized carbons (Fsp3) is 0.242. The number of aromatic nitrogens is 1. The lowest BCUT2D eigenvalue weighted by Gasteiger charge is -2.26. The summed E-state index contributed by atoms with van der Waals surface area (Å²) in [5.41, 5.74) is 2.81. The normalized spacial score (nSPS) is 14.7. The largest absolute Gasteiger partial charge is 0.496 e. The quantitative estimate of drug-likeness (QED) is 0.187. The summed E-state index contributed by atoms with van der Waals surface area (Å²) in [7, 11) is 3.12. The van der Waals surface area contributed by atoms with Crippen LogP contribution in [0.3, 0.4) is 0 Å². The molecule has 228 valence electrons. The first-order valence-corrected chi connectivity index (χ1v) is 16.1. The SMILES string of the molecule is COc1cc(/C=c2\sc3n(c2=O)[C@H](c2cc(Br)ccc2OC)C(C(=O)OC(C)C)=C(C)N=3)c(Br)cc1OCc1ccccc1. The van der Waals surface area contributed by atoms with Crippen molar-refractivity contribution in [2.75, 3.05) is 14.2 Å². The van der Waals surface area contributed by atoms with Crippen molar-refractivity contribution >= 4 is 55.2 Å². The zero-order valence-electron chi connectivity index (χ0n) is 24.7. The second kappa shape index (κ2) is 13.5. The molecule has 1 aliphatic rings. The van der Waals surface area contributed by atoms with E-state index in [-0.39, 0.29) is 17.2 Å². The number of halogens is 2. The summed E-state index contributed by atoms with van der Waals surface area (Å²) >= 11 is 8.41. The summed E-state index contributed by atoms with van der Waals surface area (Å²) in [6.45, 7) is 5.69. The Kier molecular flexibility index (Phi) is 9.77. The van der Waals surface area contributed by atoms with Gasteiger partial charge in [-0.15, -0.1) is 0 Å². The first-order valence-electron chi connectivity index (χ1n) is 13.7. The van der Waals surface area contributed by atoms with E-state index < -0.39 is 12.0 Å². The third-order valence-corrected chi connectivity index (χ3v) is 9.04. The number of allylic oxidation sites excluding steroid dienone is 1. The number of thiazole rings is 1. The molecule has 4 aromatic rings. The lowest BCUT2D eigenvalue weighted by Crippen LogP contribution is -2.40. The molecule has 1 aliphatic heterocycles. The van der Waals surface area contributed by atoms with Gasteiger partial charge in [-0.25, -0.2) is 9.79 Å². The number of hydrogen-bond donors (Lipinski definition) is 0. The Morgan fingerprint density at radius 1 is 1.02 bits per heavy atom. The van der Waals surface area contributed by atoms with Crippen LogP contribution in [0.4, 0.5) is 0 Å². The first kappa shape index (κ1) is 31.7. The fourth-order valence-electron chi connectivity index (χ4n) is 4.88. The van der Waals surface area contributed by atoms with Crippen LogP contribution in [0.2, 0.25) is 0 Å². The van der Waals surface area contributed by atoms with E-state index in [1.165, 1.54) is 15.9 Å². The van der Waals surface area contributed by atoms with Crippen molar-refractivity contribution in [2.45, 2.75) is 39.5 Å². The molecule has 0 spiro atoms. The highest BCUT2D eigenvalue weighted by Crippen LogP contribution is 2.38. The Balaban J connectivity index is 1.63. The van der Waals surface area contributed by atoms with Gasteiger partial charge < -0.3 is 18.9 Å². The summed E-state index contributed by atoms with van der Waals surface area (Å²) in [4.78, 5) is 32.8. The number of esters is 1. The van der Waals surface area contributed by atoms with Crippen LogP contribution in [0.1, 0.15) is 43.5 Å². The van der Waals surface area contributed by atoms with Gasteiger partial charge in [0.25, 0.3) is 5.56 Å². The maximum atomic E-state index is 14.2. The summed E-state index contributed by atoms with van der Waals surface area (Å²) in [6.07, 6.45) is 1.42. The van der Waals surface area contributed by atoms with Crippen LogP contribution in [0, 0.1) is 0 Å². The van der Waals surface area contributed by atoms with E-state index in [1.807, 2.05) is 54.6 Å². The molecule has 11 heteroatoms. The van der Waals surface area contributed by atoms with Gasteiger partial charge in [0.15, 0.2) is 16.3 Å². The molecule has 2 heterocycles. The van der Waals surface area contributed by atoms with Crippen LogP contribution >= 0.6 is 43.2 Å². The lowest BCUT2D eigenvalue weighted by atomic mass is 9.95. The number of ether oxygens (including phenoxy) is 4. The van der Waals surface area contributed by atoms with E-state index in [0.717, 1.165) is 14.5 Å². The Morgan fingerprint density at radius 3 is 2.43 bits per heavy atom. The van der Waals surface area contributed by atoms with Gasteiger partial charge in [0, 0.05) is 14.5 Å². The maximum absolute atomic E-state index is 14.2. The van der Waals surface area contributed by atoms with Crippen molar-refractivity contribution in [3.05, 3.63) is 117 Å². The number of nitrogens with zero attached hydrogens (tertiary/aromatic N) is 2. The molecule has 0 aliphatic carbocycles. The highest BCUT2D eigenvalue weighted by atomic mass is 79.9. The van der Waals surface area contributed by atoms with Crippen molar-refractivity contribution in [1.82, 2.24) is 4.57 Å². The summed E-state index contributed by atoms with van der Waals surface area (Å²) in [5, 5.41) is 0. The van der Waals surface area contributed by atoms with Gasteiger partial charge in [-0.3, -0.25) is 9.36 Å². The Bertz CT molecular complexity index is 1930. The van der Waals surface area contributed by atoms with Crippen LogP contribution in [-0.2, 0) is 16.1 Å². The molecule has 0 fully saturated rings. The second-order valence-corrected chi connectivity index (χ2v) is 13.0. The number of methoxy groups -OCH3 is 2. The molecule has 0 unspecified atom stereocenters. The number of fused-ring (bicyclic) bond motifs is 1. The fourth-order valence-corrected chi connectivity index (χ4v) is 6.74. The van der Waals surface area contributed by atoms with Gasteiger partial charge >= 0.3 is 5.97 Å². The van der Waals surface area contributed by atoms with Crippen molar-refractivity contribution in [1.29, 1.82) is 0 Å². The third-order valence-electron chi connectivity index (χ3n) is 6.88. The Hall–Kier alpha value is -3.67. The first-order chi connectivity index (χ1) is 21.1. The molecule has 44 heavy (non-hydrogen) atoms. The molecule has 1 atom stereocenters. The molecule has 1 aromatic heterocycles. The highest BCUT2D eigenvalue weighted by Gasteiger charge is 2.35. The number of carbonyl (C=O) groups is 1. The minimum absolute atomic E-state index is 0.275. The lowest BCUT2D eigenvalue weighted by molar-refractivity contribution is -0.143. The zero-order valence-corrected chi connectivity index (χ0v) is 28.7. The van der Waals surface area contributed by atoms with Gasteiger partial charge in [0.2, 0.25) is 0 Å².